The molecule has 0 aliphatic carbocycles. The molecule has 0 spiro atoms. The van der Waals surface area contributed by atoms with Gasteiger partial charge in [0.15, 0.2) is 15.0 Å². The first-order valence-corrected chi connectivity index (χ1v) is 11.9. The van der Waals surface area contributed by atoms with E-state index in [1.165, 1.54) is 28.4 Å². The van der Waals surface area contributed by atoms with Crippen LogP contribution in [0, 0.1) is 12.7 Å². The van der Waals surface area contributed by atoms with Gasteiger partial charge in [0.05, 0.1) is 15.1 Å². The Morgan fingerprint density at radius 3 is 2.47 bits per heavy atom. The Kier molecular flexibility index (Phi) is 6.84. The maximum absolute atomic E-state index is 13.1. The first-order chi connectivity index (χ1) is 14.2. The second-order valence-electron chi connectivity index (χ2n) is 7.38. The van der Waals surface area contributed by atoms with Crippen LogP contribution in [0.1, 0.15) is 12.0 Å². The average Bonchev–Trinajstić information content (AvgIpc) is 3.07. The van der Waals surface area contributed by atoms with Crippen molar-refractivity contribution in [3.05, 3.63) is 53.8 Å². The fourth-order valence-electron chi connectivity index (χ4n) is 2.97. The van der Waals surface area contributed by atoms with Gasteiger partial charge in [-0.25, -0.2) is 17.8 Å². The lowest BCUT2D eigenvalue weighted by molar-refractivity contribution is -0.116. The lowest BCUT2D eigenvalue weighted by atomic mass is 10.2. The number of halogens is 1. The zero-order valence-electron chi connectivity index (χ0n) is 17.1. The Morgan fingerprint density at radius 1 is 1.10 bits per heavy atom. The summed E-state index contributed by atoms with van der Waals surface area (Å²) in [5.41, 5.74) is 1.86. The topological polar surface area (TPSA) is 70.6 Å². The lowest BCUT2D eigenvalue weighted by Gasteiger charge is -2.21. The van der Waals surface area contributed by atoms with Gasteiger partial charge in [0.25, 0.3) is 0 Å². The fourth-order valence-corrected chi connectivity index (χ4v) is 5.28. The Labute approximate surface area is 179 Å². The van der Waals surface area contributed by atoms with Crippen LogP contribution in [0.4, 0.5) is 9.52 Å². The summed E-state index contributed by atoms with van der Waals surface area (Å²) in [7, 11) is -0.0266. The van der Waals surface area contributed by atoms with E-state index in [1.807, 2.05) is 44.1 Å². The first kappa shape index (κ1) is 22.3. The zero-order chi connectivity index (χ0) is 21.9. The van der Waals surface area contributed by atoms with E-state index in [-0.39, 0.29) is 4.90 Å². The number of aromatic nitrogens is 1. The SMILES string of the molecule is Cc1ccc2nc(N(CCCN(C)C)C(=O)CS(=O)(=O)c3ccc(F)cc3)sc2c1. The molecule has 1 aromatic heterocycles. The molecule has 2 aromatic carbocycles. The number of amides is 1. The molecule has 0 radical (unpaired) electrons. The summed E-state index contributed by atoms with van der Waals surface area (Å²) in [4.78, 5) is 21.0. The van der Waals surface area contributed by atoms with E-state index < -0.39 is 27.3 Å². The molecule has 0 bridgehead atoms. The molecule has 1 amide bonds. The van der Waals surface area contributed by atoms with Crippen LogP contribution in [0.3, 0.4) is 0 Å². The molecule has 0 aliphatic heterocycles. The quantitative estimate of drug-likeness (QED) is 0.492. The van der Waals surface area contributed by atoms with E-state index in [0.717, 1.165) is 34.5 Å². The van der Waals surface area contributed by atoms with Crippen molar-refractivity contribution in [3.8, 4) is 0 Å². The van der Waals surface area contributed by atoms with Gasteiger partial charge in [-0.2, -0.15) is 0 Å². The van der Waals surface area contributed by atoms with Crippen molar-refractivity contribution < 1.29 is 17.6 Å². The number of sulfone groups is 1. The molecule has 0 aliphatic rings. The van der Waals surface area contributed by atoms with Crippen LogP contribution in [-0.2, 0) is 14.6 Å². The Bertz CT molecular complexity index is 1140. The molecule has 1 heterocycles. The number of carbonyl (C=O) groups excluding carboxylic acids is 1. The zero-order valence-corrected chi connectivity index (χ0v) is 18.8. The highest BCUT2D eigenvalue weighted by Gasteiger charge is 2.26. The minimum Gasteiger partial charge on any atom is -0.309 e. The summed E-state index contributed by atoms with van der Waals surface area (Å²) >= 11 is 1.37. The Morgan fingerprint density at radius 2 is 1.80 bits per heavy atom. The van der Waals surface area contributed by atoms with Crippen LogP contribution in [0.2, 0.25) is 0 Å². The third kappa shape index (κ3) is 5.41. The van der Waals surface area contributed by atoms with Gasteiger partial charge < -0.3 is 4.90 Å². The third-order valence-corrected chi connectivity index (χ3v) is 7.20. The Balaban J connectivity index is 1.88. The summed E-state index contributed by atoms with van der Waals surface area (Å²) in [5, 5.41) is 0.480. The van der Waals surface area contributed by atoms with Crippen LogP contribution in [0.15, 0.2) is 47.4 Å². The largest absolute Gasteiger partial charge is 0.309 e. The summed E-state index contributed by atoms with van der Waals surface area (Å²) in [5.74, 6) is -1.78. The number of carbonyl (C=O) groups is 1. The molecular formula is C21H24FN3O3S2. The number of rotatable bonds is 8. The number of hydrogen-bond donors (Lipinski definition) is 0. The second-order valence-corrected chi connectivity index (χ2v) is 10.4. The molecule has 30 heavy (non-hydrogen) atoms. The van der Waals surface area contributed by atoms with Gasteiger partial charge in [-0.15, -0.1) is 0 Å². The van der Waals surface area contributed by atoms with Gasteiger partial charge in [-0.05, 0) is 75.9 Å². The van der Waals surface area contributed by atoms with Crippen LogP contribution in [-0.4, -0.2) is 57.1 Å². The van der Waals surface area contributed by atoms with E-state index in [1.54, 1.807) is 0 Å². The predicted octanol–water partition coefficient (Wildman–Crippen LogP) is 3.50. The summed E-state index contributed by atoms with van der Waals surface area (Å²) < 4.78 is 39.5. The molecule has 3 aromatic rings. The third-order valence-electron chi connectivity index (χ3n) is 4.54. The van der Waals surface area contributed by atoms with Gasteiger partial charge in [-0.1, -0.05) is 17.4 Å². The molecule has 0 saturated heterocycles. The van der Waals surface area contributed by atoms with Crippen molar-refractivity contribution in [3.63, 3.8) is 0 Å². The van der Waals surface area contributed by atoms with Crippen LogP contribution < -0.4 is 4.90 Å². The molecule has 0 saturated carbocycles. The first-order valence-electron chi connectivity index (χ1n) is 9.46. The number of anilines is 1. The van der Waals surface area contributed by atoms with E-state index in [4.69, 9.17) is 0 Å². The monoisotopic (exact) mass is 449 g/mol. The maximum Gasteiger partial charge on any atom is 0.244 e. The van der Waals surface area contributed by atoms with Crippen molar-refractivity contribution in [2.75, 3.05) is 37.8 Å². The van der Waals surface area contributed by atoms with Crippen LogP contribution in [0.5, 0.6) is 0 Å². The number of thiazole rings is 1. The molecule has 0 N–H and O–H groups in total. The van der Waals surface area contributed by atoms with Gasteiger partial charge in [0.2, 0.25) is 5.91 Å². The maximum atomic E-state index is 13.1. The van der Waals surface area contributed by atoms with Crippen molar-refractivity contribution in [2.45, 2.75) is 18.2 Å². The standard InChI is InChI=1S/C21H24FN3O3S2/c1-15-5-10-18-19(13-15)29-21(23-18)25(12-4-11-24(2)3)20(26)14-30(27,28)17-8-6-16(22)7-9-17/h5-10,13H,4,11-12,14H2,1-3H3. The molecule has 9 heteroatoms. The normalized spacial score (nSPS) is 11.9. The summed E-state index contributed by atoms with van der Waals surface area (Å²) in [6.45, 7) is 3.08. The van der Waals surface area contributed by atoms with Gasteiger partial charge in [-0.3, -0.25) is 9.69 Å². The molecule has 0 unspecified atom stereocenters. The van der Waals surface area contributed by atoms with Gasteiger partial charge >= 0.3 is 0 Å². The van der Waals surface area contributed by atoms with Crippen molar-refractivity contribution in [2.24, 2.45) is 0 Å². The molecule has 0 atom stereocenters. The number of benzene rings is 2. The fraction of sp³-hybridized carbons (Fsp3) is 0.333. The number of fused-ring (bicyclic) bond motifs is 1. The van der Waals surface area contributed by atoms with Crippen molar-refractivity contribution in [1.82, 2.24) is 9.88 Å². The second kappa shape index (κ2) is 9.20. The van der Waals surface area contributed by atoms with Gasteiger partial charge in [0, 0.05) is 6.54 Å². The number of nitrogens with zero attached hydrogens (tertiary/aromatic N) is 3. The Hall–Kier alpha value is -2.36. The van der Waals surface area contributed by atoms with Gasteiger partial charge in [0.1, 0.15) is 11.6 Å². The summed E-state index contributed by atoms with van der Waals surface area (Å²) in [6, 6.07) is 10.3. The molecule has 3 rings (SSSR count). The van der Waals surface area contributed by atoms with E-state index in [9.17, 15) is 17.6 Å². The predicted molar refractivity (Wildman–Crippen MR) is 118 cm³/mol. The molecule has 6 nitrogen and oxygen atoms in total. The highest BCUT2D eigenvalue weighted by atomic mass is 32.2. The van der Waals surface area contributed by atoms with Crippen molar-refractivity contribution in [1.29, 1.82) is 0 Å². The molecular weight excluding hydrogens is 425 g/mol. The number of aryl methyl sites for hydroxylation is 1. The van der Waals surface area contributed by atoms with E-state index in [2.05, 4.69) is 4.98 Å². The highest BCUT2D eigenvalue weighted by molar-refractivity contribution is 7.92. The lowest BCUT2D eigenvalue weighted by Crippen LogP contribution is -2.37. The molecule has 0 fully saturated rings. The number of hydrogen-bond acceptors (Lipinski definition) is 6. The van der Waals surface area contributed by atoms with E-state index >= 15 is 0 Å². The van der Waals surface area contributed by atoms with E-state index in [0.29, 0.717) is 18.1 Å². The minimum atomic E-state index is -3.90. The average molecular weight is 450 g/mol. The van der Waals surface area contributed by atoms with Crippen LogP contribution >= 0.6 is 11.3 Å². The highest BCUT2D eigenvalue weighted by Crippen LogP contribution is 2.30. The smallest absolute Gasteiger partial charge is 0.244 e. The minimum absolute atomic E-state index is 0.0783. The molecule has 160 valence electrons. The van der Waals surface area contributed by atoms with Crippen LogP contribution in [0.25, 0.3) is 10.2 Å². The summed E-state index contributed by atoms with van der Waals surface area (Å²) in [6.07, 6.45) is 0.671. The van der Waals surface area contributed by atoms with Crippen molar-refractivity contribution >= 4 is 42.4 Å².